The van der Waals surface area contributed by atoms with Gasteiger partial charge < -0.3 is 11.1 Å². The monoisotopic (exact) mass is 224 g/mol. The van der Waals surface area contributed by atoms with Gasteiger partial charge in [-0.2, -0.15) is 0 Å². The lowest BCUT2D eigenvalue weighted by molar-refractivity contribution is 0.586. The maximum atomic E-state index is 5.62. The molecule has 0 amide bonds. The summed E-state index contributed by atoms with van der Waals surface area (Å²) < 4.78 is 0. The Morgan fingerprint density at radius 1 is 1.27 bits per heavy atom. The van der Waals surface area contributed by atoms with Gasteiger partial charge in [0, 0.05) is 16.6 Å². The van der Waals surface area contributed by atoms with Crippen LogP contribution in [0.5, 0.6) is 0 Å². The van der Waals surface area contributed by atoms with E-state index in [1.807, 2.05) is 23.9 Å². The third-order valence-electron chi connectivity index (χ3n) is 2.02. The molecule has 0 aliphatic carbocycles. The summed E-state index contributed by atoms with van der Waals surface area (Å²) in [5.74, 6) is 1.16. The van der Waals surface area contributed by atoms with Crippen molar-refractivity contribution in [1.29, 1.82) is 0 Å². The van der Waals surface area contributed by atoms with E-state index in [0.29, 0.717) is 6.04 Å². The molecule has 0 heterocycles. The van der Waals surface area contributed by atoms with Crippen molar-refractivity contribution in [3.05, 3.63) is 24.3 Å². The zero-order chi connectivity index (χ0) is 11.1. The molecule has 0 spiro atoms. The van der Waals surface area contributed by atoms with Gasteiger partial charge in [-0.1, -0.05) is 13.8 Å². The highest BCUT2D eigenvalue weighted by Gasteiger charge is 1.95. The molecule has 1 aromatic rings. The lowest BCUT2D eigenvalue weighted by Crippen LogP contribution is -2.23. The van der Waals surface area contributed by atoms with Crippen LogP contribution < -0.4 is 11.1 Å². The minimum Gasteiger partial charge on any atom is -0.399 e. The van der Waals surface area contributed by atoms with Gasteiger partial charge in [0.25, 0.3) is 0 Å². The molecule has 0 aromatic heterocycles. The molecule has 0 saturated heterocycles. The van der Waals surface area contributed by atoms with Gasteiger partial charge in [0.1, 0.15) is 0 Å². The fourth-order valence-corrected chi connectivity index (χ4v) is 2.07. The highest BCUT2D eigenvalue weighted by molar-refractivity contribution is 7.99. The maximum absolute atomic E-state index is 5.62. The number of hydrogen-bond donors (Lipinski definition) is 2. The number of anilines is 1. The minimum atomic E-state index is 0.589. The molecular weight excluding hydrogens is 204 g/mol. The number of benzene rings is 1. The highest BCUT2D eigenvalue weighted by Crippen LogP contribution is 2.19. The predicted octanol–water partition coefficient (Wildman–Crippen LogP) is 2.75. The quantitative estimate of drug-likeness (QED) is 0.443. The highest BCUT2D eigenvalue weighted by atomic mass is 32.2. The largest absolute Gasteiger partial charge is 0.399 e. The molecule has 84 valence electrons. The lowest BCUT2D eigenvalue weighted by atomic mass is 10.3. The molecular formula is C12H20N2S. The predicted molar refractivity (Wildman–Crippen MR) is 69.3 cm³/mol. The van der Waals surface area contributed by atoms with E-state index >= 15 is 0 Å². The molecule has 0 unspecified atom stereocenters. The van der Waals surface area contributed by atoms with E-state index in [-0.39, 0.29) is 0 Å². The molecule has 3 heteroatoms. The van der Waals surface area contributed by atoms with Crippen LogP contribution in [-0.2, 0) is 0 Å². The van der Waals surface area contributed by atoms with Crippen LogP contribution in [0.4, 0.5) is 5.69 Å². The molecule has 1 rings (SSSR count). The minimum absolute atomic E-state index is 0.589. The molecule has 0 fully saturated rings. The second-order valence-electron chi connectivity index (χ2n) is 3.88. The summed E-state index contributed by atoms with van der Waals surface area (Å²) in [4.78, 5) is 1.30. The summed E-state index contributed by atoms with van der Waals surface area (Å²) in [7, 11) is 0. The summed E-state index contributed by atoms with van der Waals surface area (Å²) in [5.41, 5.74) is 6.45. The number of nitrogen functional groups attached to an aromatic ring is 1. The van der Waals surface area contributed by atoms with Crippen molar-refractivity contribution in [2.24, 2.45) is 0 Å². The number of nitrogens with one attached hydrogen (secondary N) is 1. The van der Waals surface area contributed by atoms with Gasteiger partial charge in [0.15, 0.2) is 0 Å². The van der Waals surface area contributed by atoms with Crippen molar-refractivity contribution in [3.63, 3.8) is 0 Å². The standard InChI is InChI=1S/C12H20N2S/c1-10(2)14-8-3-9-15-12-6-4-11(13)5-7-12/h4-7,10,14H,3,8-9,13H2,1-2H3. The third kappa shape index (κ3) is 5.70. The van der Waals surface area contributed by atoms with Crippen LogP contribution in [0, 0.1) is 0 Å². The van der Waals surface area contributed by atoms with E-state index < -0.39 is 0 Å². The molecule has 3 N–H and O–H groups in total. The fraction of sp³-hybridized carbons (Fsp3) is 0.500. The summed E-state index contributed by atoms with van der Waals surface area (Å²) in [6, 6.07) is 8.65. The molecule has 0 saturated carbocycles. The SMILES string of the molecule is CC(C)NCCCSc1ccc(N)cc1. The Balaban J connectivity index is 2.12. The van der Waals surface area contributed by atoms with Crippen molar-refractivity contribution >= 4 is 17.4 Å². The van der Waals surface area contributed by atoms with Gasteiger partial charge in [-0.3, -0.25) is 0 Å². The number of rotatable bonds is 6. The molecule has 15 heavy (non-hydrogen) atoms. The third-order valence-corrected chi connectivity index (χ3v) is 3.12. The Morgan fingerprint density at radius 2 is 1.93 bits per heavy atom. The fourth-order valence-electron chi connectivity index (χ4n) is 1.22. The van der Waals surface area contributed by atoms with Gasteiger partial charge in [-0.05, 0) is 43.0 Å². The topological polar surface area (TPSA) is 38.0 Å². The average molecular weight is 224 g/mol. The summed E-state index contributed by atoms with van der Waals surface area (Å²) in [5, 5.41) is 3.41. The molecule has 0 bridgehead atoms. The van der Waals surface area contributed by atoms with Crippen LogP contribution in [-0.4, -0.2) is 18.3 Å². The number of hydrogen-bond acceptors (Lipinski definition) is 3. The van der Waals surface area contributed by atoms with E-state index in [4.69, 9.17) is 5.73 Å². The second kappa shape index (κ2) is 6.75. The van der Waals surface area contributed by atoms with Crippen LogP contribution >= 0.6 is 11.8 Å². The van der Waals surface area contributed by atoms with Crippen LogP contribution in [0.25, 0.3) is 0 Å². The van der Waals surface area contributed by atoms with Crippen molar-refractivity contribution < 1.29 is 0 Å². The van der Waals surface area contributed by atoms with E-state index in [2.05, 4.69) is 31.3 Å². The van der Waals surface area contributed by atoms with Crippen molar-refractivity contribution in [2.45, 2.75) is 31.2 Å². The van der Waals surface area contributed by atoms with Crippen LogP contribution in [0.2, 0.25) is 0 Å². The van der Waals surface area contributed by atoms with Crippen LogP contribution in [0.1, 0.15) is 20.3 Å². The summed E-state index contributed by atoms with van der Waals surface area (Å²) in [6.45, 7) is 5.44. The van der Waals surface area contributed by atoms with Gasteiger partial charge in [-0.15, -0.1) is 11.8 Å². The van der Waals surface area contributed by atoms with E-state index in [1.54, 1.807) is 0 Å². The van der Waals surface area contributed by atoms with Crippen molar-refractivity contribution in [2.75, 3.05) is 18.0 Å². The normalized spacial score (nSPS) is 10.9. The first-order chi connectivity index (χ1) is 7.18. The molecule has 0 radical (unpaired) electrons. The van der Waals surface area contributed by atoms with E-state index in [0.717, 1.165) is 18.0 Å². The van der Waals surface area contributed by atoms with Gasteiger partial charge >= 0.3 is 0 Å². The number of nitrogens with two attached hydrogens (primary N) is 1. The second-order valence-corrected chi connectivity index (χ2v) is 5.05. The molecule has 0 aliphatic heterocycles. The molecule has 2 nitrogen and oxygen atoms in total. The molecule has 1 aromatic carbocycles. The van der Waals surface area contributed by atoms with Crippen molar-refractivity contribution in [3.8, 4) is 0 Å². The molecule has 0 atom stereocenters. The summed E-state index contributed by atoms with van der Waals surface area (Å²) in [6.07, 6.45) is 1.20. The Bertz CT molecular complexity index is 269. The zero-order valence-corrected chi connectivity index (χ0v) is 10.3. The van der Waals surface area contributed by atoms with Gasteiger partial charge in [-0.25, -0.2) is 0 Å². The van der Waals surface area contributed by atoms with Crippen LogP contribution in [0.3, 0.4) is 0 Å². The first-order valence-electron chi connectivity index (χ1n) is 5.40. The Labute approximate surface area is 96.6 Å². The molecule has 0 aliphatic rings. The lowest BCUT2D eigenvalue weighted by Gasteiger charge is -2.07. The Morgan fingerprint density at radius 3 is 2.53 bits per heavy atom. The van der Waals surface area contributed by atoms with Gasteiger partial charge in [0.2, 0.25) is 0 Å². The number of thioether (sulfide) groups is 1. The van der Waals surface area contributed by atoms with Crippen LogP contribution in [0.15, 0.2) is 29.2 Å². The maximum Gasteiger partial charge on any atom is 0.0314 e. The average Bonchev–Trinajstić information content (AvgIpc) is 2.20. The summed E-state index contributed by atoms with van der Waals surface area (Å²) >= 11 is 1.89. The van der Waals surface area contributed by atoms with E-state index in [1.165, 1.54) is 11.3 Å². The van der Waals surface area contributed by atoms with E-state index in [9.17, 15) is 0 Å². The van der Waals surface area contributed by atoms with Crippen molar-refractivity contribution in [1.82, 2.24) is 5.32 Å². The Hall–Kier alpha value is -0.670. The zero-order valence-electron chi connectivity index (χ0n) is 9.49. The Kier molecular flexibility index (Phi) is 5.58. The smallest absolute Gasteiger partial charge is 0.0314 e. The first-order valence-corrected chi connectivity index (χ1v) is 6.39. The van der Waals surface area contributed by atoms with Gasteiger partial charge in [0.05, 0.1) is 0 Å². The first kappa shape index (κ1) is 12.4.